The summed E-state index contributed by atoms with van der Waals surface area (Å²) in [6.07, 6.45) is 2.05. The van der Waals surface area contributed by atoms with E-state index in [-0.39, 0.29) is 6.54 Å². The predicted molar refractivity (Wildman–Crippen MR) is 151 cm³/mol. The summed E-state index contributed by atoms with van der Waals surface area (Å²) >= 11 is 0. The highest BCUT2D eigenvalue weighted by Gasteiger charge is 2.31. The van der Waals surface area contributed by atoms with Crippen LogP contribution in [0.5, 0.6) is 5.75 Å². The van der Waals surface area contributed by atoms with E-state index >= 15 is 0 Å². The molecule has 1 aromatic carbocycles. The molecule has 0 radical (unpaired) electrons. The molecule has 11 nitrogen and oxygen atoms in total. The fraction of sp³-hybridized carbons (Fsp3) is 0.517. The number of ether oxygens (including phenoxy) is 3. The van der Waals surface area contributed by atoms with Crippen LogP contribution in [0, 0.1) is 11.3 Å². The maximum absolute atomic E-state index is 14.2. The molecule has 0 unspecified atom stereocenters. The number of amidine groups is 1. The Balaban J connectivity index is 1.13. The minimum Gasteiger partial charge on any atom is -0.486 e. The normalized spacial score (nSPS) is 23.8. The van der Waals surface area contributed by atoms with Crippen molar-refractivity contribution in [2.24, 2.45) is 4.99 Å². The Morgan fingerprint density at radius 2 is 2.02 bits per heavy atom. The number of alkyl halides is 1. The lowest BCUT2D eigenvalue weighted by molar-refractivity contribution is -0.0751. The van der Waals surface area contributed by atoms with E-state index in [9.17, 15) is 9.65 Å². The first-order chi connectivity index (χ1) is 20.1. The van der Waals surface area contributed by atoms with Gasteiger partial charge in [0.05, 0.1) is 43.3 Å². The lowest BCUT2D eigenvalue weighted by Gasteiger charge is -2.44. The Hall–Kier alpha value is -3.79. The van der Waals surface area contributed by atoms with Crippen LogP contribution < -0.4 is 15.4 Å². The number of nitrogens with one attached hydrogen (secondary N) is 2. The zero-order chi connectivity index (χ0) is 28.2. The van der Waals surface area contributed by atoms with Crippen molar-refractivity contribution in [3.05, 3.63) is 47.6 Å². The summed E-state index contributed by atoms with van der Waals surface area (Å²) in [6.45, 7) is 6.54. The molecule has 0 amide bonds. The summed E-state index contributed by atoms with van der Waals surface area (Å²) in [4.78, 5) is 18.7. The molecule has 41 heavy (non-hydrogen) atoms. The fourth-order valence-corrected chi connectivity index (χ4v) is 5.61. The highest BCUT2D eigenvalue weighted by atomic mass is 19.1. The molecule has 0 saturated carbocycles. The molecule has 5 heterocycles. The number of nitriles is 1. The standard InChI is InChI=1S/C29H35FN8O3/c1-39-28-24(38-12-10-37(11-13-38)21-17-40-18-21)3-5-27(35-28)36-29-33-9-6-23(34-29)19-2-4-25(20(14-19)15-31)41-26-7-8-32-16-22(26)30/h2,4,6,9,14,21-22,26,32H,3,5,7-8,10-13,16-18H2,1H3,(H,33,34,35,36)/t22-,26+/m0/s1. The van der Waals surface area contributed by atoms with Gasteiger partial charge in [0, 0.05) is 50.9 Å². The molecule has 4 aliphatic heterocycles. The van der Waals surface area contributed by atoms with Gasteiger partial charge in [0.15, 0.2) is 0 Å². The number of aliphatic imine (C=N–C) groups is 1. The molecule has 3 fully saturated rings. The number of piperidine rings is 1. The Bertz CT molecular complexity index is 1350. The van der Waals surface area contributed by atoms with E-state index in [1.807, 2.05) is 6.07 Å². The number of hydrogen-bond donors (Lipinski definition) is 2. The molecule has 12 heteroatoms. The number of methoxy groups -OCH3 is 1. The average molecular weight is 563 g/mol. The zero-order valence-electron chi connectivity index (χ0n) is 23.2. The fourth-order valence-electron chi connectivity index (χ4n) is 5.61. The van der Waals surface area contributed by atoms with E-state index in [4.69, 9.17) is 19.2 Å². The van der Waals surface area contributed by atoms with Gasteiger partial charge in [0.25, 0.3) is 0 Å². The van der Waals surface area contributed by atoms with Crippen LogP contribution in [0.4, 0.5) is 10.3 Å². The number of anilines is 1. The number of nitrogens with zero attached hydrogens (tertiary/aromatic N) is 6. The molecule has 2 aromatic rings. The van der Waals surface area contributed by atoms with E-state index in [1.54, 1.807) is 31.5 Å². The number of rotatable bonds is 7. The van der Waals surface area contributed by atoms with Crippen LogP contribution in [0.2, 0.25) is 0 Å². The van der Waals surface area contributed by atoms with E-state index in [0.717, 1.165) is 62.9 Å². The topological polar surface area (TPSA) is 120 Å². The molecule has 3 saturated heterocycles. The summed E-state index contributed by atoms with van der Waals surface area (Å²) in [7, 11) is 1.65. The summed E-state index contributed by atoms with van der Waals surface area (Å²) in [6, 6.07) is 9.76. The van der Waals surface area contributed by atoms with Gasteiger partial charge in [-0.25, -0.2) is 14.4 Å². The average Bonchev–Trinajstić information content (AvgIpc) is 2.98. The highest BCUT2D eigenvalue weighted by molar-refractivity contribution is 5.95. The number of allylic oxidation sites excluding steroid dienone is 1. The molecule has 0 bridgehead atoms. The Labute approximate surface area is 239 Å². The van der Waals surface area contributed by atoms with E-state index in [0.29, 0.717) is 54.3 Å². The summed E-state index contributed by atoms with van der Waals surface area (Å²) in [5, 5.41) is 16.0. The molecule has 2 atom stereocenters. The minimum atomic E-state index is -1.12. The highest BCUT2D eigenvalue weighted by Crippen LogP contribution is 2.29. The van der Waals surface area contributed by atoms with Crippen molar-refractivity contribution in [3.8, 4) is 23.1 Å². The monoisotopic (exact) mass is 562 g/mol. The quantitative estimate of drug-likeness (QED) is 0.521. The second kappa shape index (κ2) is 12.4. The van der Waals surface area contributed by atoms with Gasteiger partial charge in [-0.05, 0) is 43.7 Å². The molecule has 4 aliphatic rings. The van der Waals surface area contributed by atoms with Crippen LogP contribution in [0.1, 0.15) is 24.8 Å². The molecular weight excluding hydrogens is 527 g/mol. The summed E-state index contributed by atoms with van der Waals surface area (Å²) in [5.41, 5.74) is 2.85. The van der Waals surface area contributed by atoms with Gasteiger partial charge in [-0.2, -0.15) is 10.3 Å². The number of benzene rings is 1. The van der Waals surface area contributed by atoms with Gasteiger partial charge >= 0.3 is 0 Å². The van der Waals surface area contributed by atoms with Gasteiger partial charge in [0.2, 0.25) is 11.8 Å². The first-order valence-electron chi connectivity index (χ1n) is 14.2. The molecule has 6 rings (SSSR count). The van der Waals surface area contributed by atoms with Crippen molar-refractivity contribution < 1.29 is 18.6 Å². The Morgan fingerprint density at radius 3 is 2.76 bits per heavy atom. The second-order valence-electron chi connectivity index (χ2n) is 10.6. The summed E-state index contributed by atoms with van der Waals surface area (Å²) < 4.78 is 31.2. The first kappa shape index (κ1) is 27.4. The predicted octanol–water partition coefficient (Wildman–Crippen LogP) is 2.53. The largest absolute Gasteiger partial charge is 0.486 e. The van der Waals surface area contributed by atoms with Crippen molar-refractivity contribution >= 4 is 11.8 Å². The Morgan fingerprint density at radius 1 is 1.17 bits per heavy atom. The van der Waals surface area contributed by atoms with Crippen molar-refractivity contribution in [1.82, 2.24) is 25.1 Å². The molecule has 0 spiro atoms. The number of aromatic nitrogens is 2. The number of piperazine rings is 1. The second-order valence-corrected chi connectivity index (χ2v) is 10.6. The van der Waals surface area contributed by atoms with Gasteiger partial charge < -0.3 is 29.7 Å². The zero-order valence-corrected chi connectivity index (χ0v) is 23.2. The van der Waals surface area contributed by atoms with Gasteiger partial charge in [-0.3, -0.25) is 4.90 Å². The van der Waals surface area contributed by atoms with Crippen LogP contribution in [0.25, 0.3) is 11.3 Å². The van der Waals surface area contributed by atoms with Crippen molar-refractivity contribution in [2.45, 2.75) is 37.6 Å². The van der Waals surface area contributed by atoms with Gasteiger partial charge in [0.1, 0.15) is 29.9 Å². The van der Waals surface area contributed by atoms with E-state index < -0.39 is 12.3 Å². The van der Waals surface area contributed by atoms with Crippen LogP contribution >= 0.6 is 0 Å². The third-order valence-corrected chi connectivity index (χ3v) is 8.04. The Kier molecular flexibility index (Phi) is 8.27. The van der Waals surface area contributed by atoms with Crippen LogP contribution in [-0.2, 0) is 9.47 Å². The number of halogens is 1. The lowest BCUT2D eigenvalue weighted by atomic mass is 10.1. The van der Waals surface area contributed by atoms with E-state index in [1.165, 1.54) is 0 Å². The van der Waals surface area contributed by atoms with Crippen LogP contribution in [0.3, 0.4) is 0 Å². The molecular formula is C29H35FN8O3. The third-order valence-electron chi connectivity index (χ3n) is 8.04. The first-order valence-corrected chi connectivity index (χ1v) is 14.2. The minimum absolute atomic E-state index is 0.253. The third kappa shape index (κ3) is 6.12. The van der Waals surface area contributed by atoms with Crippen LogP contribution in [-0.4, -0.2) is 104 Å². The molecule has 216 valence electrons. The summed E-state index contributed by atoms with van der Waals surface area (Å²) in [5.74, 6) is 2.14. The molecule has 2 N–H and O–H groups in total. The molecule has 0 aliphatic carbocycles. The maximum Gasteiger partial charge on any atom is 0.234 e. The van der Waals surface area contributed by atoms with Crippen LogP contribution in [0.15, 0.2) is 47.0 Å². The van der Waals surface area contributed by atoms with Gasteiger partial charge in [-0.1, -0.05) is 0 Å². The van der Waals surface area contributed by atoms with Gasteiger partial charge in [-0.15, -0.1) is 0 Å². The smallest absolute Gasteiger partial charge is 0.234 e. The van der Waals surface area contributed by atoms with Crippen molar-refractivity contribution in [1.29, 1.82) is 5.26 Å². The number of hydrogen-bond acceptors (Lipinski definition) is 11. The lowest BCUT2D eigenvalue weighted by Crippen LogP contribution is -2.56. The van der Waals surface area contributed by atoms with Crippen molar-refractivity contribution in [3.63, 3.8) is 0 Å². The maximum atomic E-state index is 14.2. The van der Waals surface area contributed by atoms with E-state index in [2.05, 4.69) is 36.5 Å². The van der Waals surface area contributed by atoms with Crippen molar-refractivity contribution in [2.75, 3.05) is 64.9 Å². The molecule has 1 aromatic heterocycles. The SMILES string of the molecule is COC1=C(N2CCN(C3COC3)CC2)CCC(Nc2nccc(-c3ccc(O[C@@H]4CCNC[C@@H]4F)c(C#N)c3)n2)=N1.